The van der Waals surface area contributed by atoms with Gasteiger partial charge in [-0.25, -0.2) is 0 Å². The van der Waals surface area contributed by atoms with Crippen LogP contribution in [0.2, 0.25) is 0 Å². The van der Waals surface area contributed by atoms with Crippen molar-refractivity contribution in [3.05, 3.63) is 32.8 Å². The van der Waals surface area contributed by atoms with Crippen LogP contribution >= 0.6 is 27.7 Å². The summed E-state index contributed by atoms with van der Waals surface area (Å²) in [5.74, 6) is 0.963. The molecule has 0 aliphatic carbocycles. The molecule has 0 N–H and O–H groups in total. The number of nitro groups is 1. The highest BCUT2D eigenvalue weighted by Gasteiger charge is 2.10. The maximum absolute atomic E-state index is 10.5. The van der Waals surface area contributed by atoms with Gasteiger partial charge in [0, 0.05) is 11.0 Å². The highest BCUT2D eigenvalue weighted by atomic mass is 79.9. The first-order valence-corrected chi connectivity index (χ1v) is 5.49. The van der Waals surface area contributed by atoms with Crippen LogP contribution in [-0.4, -0.2) is 10.7 Å². The van der Waals surface area contributed by atoms with Crippen LogP contribution in [0.25, 0.3) is 0 Å². The van der Waals surface area contributed by atoms with E-state index >= 15 is 0 Å². The van der Waals surface area contributed by atoms with Crippen molar-refractivity contribution >= 4 is 33.4 Å². The highest BCUT2D eigenvalue weighted by Crippen LogP contribution is 2.29. The van der Waals surface area contributed by atoms with Gasteiger partial charge in [-0.1, -0.05) is 6.92 Å². The molecule has 0 unspecified atom stereocenters. The minimum atomic E-state index is -0.398. The topological polar surface area (TPSA) is 43.1 Å². The lowest BCUT2D eigenvalue weighted by molar-refractivity contribution is -0.385. The van der Waals surface area contributed by atoms with Gasteiger partial charge < -0.3 is 0 Å². The van der Waals surface area contributed by atoms with E-state index in [4.69, 9.17) is 0 Å². The quantitative estimate of drug-likeness (QED) is 0.476. The van der Waals surface area contributed by atoms with Crippen molar-refractivity contribution < 1.29 is 4.92 Å². The van der Waals surface area contributed by atoms with Gasteiger partial charge in [-0.15, -0.1) is 11.8 Å². The Hall–Kier alpha value is -0.550. The maximum Gasteiger partial charge on any atom is 0.283 e. The van der Waals surface area contributed by atoms with Gasteiger partial charge in [-0.2, -0.15) is 0 Å². The Kier molecular flexibility index (Phi) is 3.74. The Labute approximate surface area is 88.8 Å². The average Bonchev–Trinajstić information content (AvgIpc) is 2.04. The molecular weight excluding hydrogens is 254 g/mol. The number of hydrogen-bond acceptors (Lipinski definition) is 3. The predicted octanol–water partition coefficient (Wildman–Crippen LogP) is 3.47. The molecule has 0 aliphatic heterocycles. The number of rotatable bonds is 3. The van der Waals surface area contributed by atoms with Gasteiger partial charge in [0.25, 0.3) is 5.69 Å². The van der Waals surface area contributed by atoms with E-state index in [9.17, 15) is 10.1 Å². The van der Waals surface area contributed by atoms with Crippen LogP contribution in [0.3, 0.4) is 0 Å². The van der Waals surface area contributed by atoms with Crippen molar-refractivity contribution in [1.29, 1.82) is 0 Å². The molecule has 5 heteroatoms. The molecule has 3 nitrogen and oxygen atoms in total. The Balaban J connectivity index is 2.98. The van der Waals surface area contributed by atoms with Crippen molar-refractivity contribution in [2.75, 3.05) is 5.75 Å². The Morgan fingerprint density at radius 3 is 2.77 bits per heavy atom. The molecule has 0 aliphatic rings. The molecule has 1 aromatic carbocycles. The zero-order valence-corrected chi connectivity index (χ0v) is 9.39. The highest BCUT2D eigenvalue weighted by molar-refractivity contribution is 9.10. The van der Waals surface area contributed by atoms with Crippen molar-refractivity contribution in [3.63, 3.8) is 0 Å². The van der Waals surface area contributed by atoms with Gasteiger partial charge in [0.15, 0.2) is 0 Å². The summed E-state index contributed by atoms with van der Waals surface area (Å²) < 4.78 is 0.538. The number of nitrogens with zero attached hydrogens (tertiary/aromatic N) is 1. The number of thioether (sulfide) groups is 1. The Morgan fingerprint density at radius 2 is 2.31 bits per heavy atom. The molecule has 13 heavy (non-hydrogen) atoms. The molecule has 0 radical (unpaired) electrons. The summed E-state index contributed by atoms with van der Waals surface area (Å²) in [6.07, 6.45) is 0. The standard InChI is InChI=1S/C8H8BrNO2S/c1-2-13-6-3-4-8(10(11)12)7(9)5-6/h3-5H,2H2,1H3. The Bertz CT molecular complexity index is 330. The van der Waals surface area contributed by atoms with E-state index in [0.29, 0.717) is 4.47 Å². The molecule has 0 saturated heterocycles. The molecule has 0 saturated carbocycles. The molecule has 0 aromatic heterocycles. The zero-order chi connectivity index (χ0) is 9.84. The summed E-state index contributed by atoms with van der Waals surface area (Å²) in [5, 5.41) is 10.5. The van der Waals surface area contributed by atoms with Crippen LogP contribution in [0.4, 0.5) is 5.69 Å². The first-order chi connectivity index (χ1) is 6.15. The van der Waals surface area contributed by atoms with Gasteiger partial charge in [0.05, 0.1) is 9.40 Å². The molecule has 0 fully saturated rings. The van der Waals surface area contributed by atoms with E-state index in [1.54, 1.807) is 23.9 Å². The fourth-order valence-corrected chi connectivity index (χ4v) is 2.27. The smallest absolute Gasteiger partial charge is 0.258 e. The van der Waals surface area contributed by atoms with Gasteiger partial charge in [-0.05, 0) is 33.8 Å². The van der Waals surface area contributed by atoms with Crippen LogP contribution in [-0.2, 0) is 0 Å². The van der Waals surface area contributed by atoms with Crippen LogP contribution in [0.1, 0.15) is 6.92 Å². The fourth-order valence-electron chi connectivity index (χ4n) is 0.892. The molecule has 0 heterocycles. The Morgan fingerprint density at radius 1 is 1.62 bits per heavy atom. The zero-order valence-electron chi connectivity index (χ0n) is 6.99. The van der Waals surface area contributed by atoms with Crippen molar-refractivity contribution in [2.24, 2.45) is 0 Å². The van der Waals surface area contributed by atoms with Crippen LogP contribution < -0.4 is 0 Å². The van der Waals surface area contributed by atoms with E-state index in [1.807, 2.05) is 6.92 Å². The minimum Gasteiger partial charge on any atom is -0.258 e. The SMILES string of the molecule is CCSc1ccc([N+](=O)[O-])c(Br)c1. The van der Waals surface area contributed by atoms with Crippen LogP contribution in [0.5, 0.6) is 0 Å². The van der Waals surface area contributed by atoms with E-state index in [2.05, 4.69) is 15.9 Å². The summed E-state index contributed by atoms with van der Waals surface area (Å²) in [7, 11) is 0. The molecule has 0 amide bonds. The first kappa shape index (κ1) is 10.5. The summed E-state index contributed by atoms with van der Waals surface area (Å²) in [5.41, 5.74) is 0.112. The van der Waals surface area contributed by atoms with Crippen molar-refractivity contribution in [1.82, 2.24) is 0 Å². The molecule has 0 bridgehead atoms. The molecule has 70 valence electrons. The number of benzene rings is 1. The molecule has 0 spiro atoms. The third-order valence-corrected chi connectivity index (χ3v) is 2.94. The van der Waals surface area contributed by atoms with E-state index in [-0.39, 0.29) is 5.69 Å². The number of nitro benzene ring substituents is 1. The molecular formula is C8H8BrNO2S. The van der Waals surface area contributed by atoms with Crippen LogP contribution in [0, 0.1) is 10.1 Å². The molecule has 0 atom stereocenters. The second-order valence-corrected chi connectivity index (χ2v) is 4.50. The third-order valence-electron chi connectivity index (χ3n) is 1.43. The lowest BCUT2D eigenvalue weighted by atomic mass is 10.3. The average molecular weight is 262 g/mol. The van der Waals surface area contributed by atoms with E-state index < -0.39 is 4.92 Å². The predicted molar refractivity (Wildman–Crippen MR) is 57.2 cm³/mol. The van der Waals surface area contributed by atoms with Crippen molar-refractivity contribution in [3.8, 4) is 0 Å². The molecule has 1 aromatic rings. The van der Waals surface area contributed by atoms with Crippen molar-refractivity contribution in [2.45, 2.75) is 11.8 Å². The summed E-state index contributed by atoms with van der Waals surface area (Å²) in [4.78, 5) is 11.1. The summed E-state index contributed by atoms with van der Waals surface area (Å²) in [6, 6.07) is 5.05. The van der Waals surface area contributed by atoms with E-state index in [1.165, 1.54) is 6.07 Å². The second kappa shape index (κ2) is 4.62. The normalized spacial score (nSPS) is 10.0. The van der Waals surface area contributed by atoms with Gasteiger partial charge >= 0.3 is 0 Å². The maximum atomic E-state index is 10.5. The van der Waals surface area contributed by atoms with Gasteiger partial charge in [0.1, 0.15) is 0 Å². The summed E-state index contributed by atoms with van der Waals surface area (Å²) in [6.45, 7) is 2.04. The number of halogens is 1. The lowest BCUT2D eigenvalue weighted by Gasteiger charge is -1.99. The minimum absolute atomic E-state index is 0.112. The summed E-state index contributed by atoms with van der Waals surface area (Å²) >= 11 is 4.82. The monoisotopic (exact) mass is 261 g/mol. The van der Waals surface area contributed by atoms with E-state index in [0.717, 1.165) is 10.6 Å². The first-order valence-electron chi connectivity index (χ1n) is 3.72. The largest absolute Gasteiger partial charge is 0.283 e. The lowest BCUT2D eigenvalue weighted by Crippen LogP contribution is -1.88. The fraction of sp³-hybridized carbons (Fsp3) is 0.250. The number of hydrogen-bond donors (Lipinski definition) is 0. The van der Waals surface area contributed by atoms with Gasteiger partial charge in [0.2, 0.25) is 0 Å². The third kappa shape index (κ3) is 2.70. The second-order valence-electron chi connectivity index (χ2n) is 2.30. The molecule has 1 rings (SSSR count). The van der Waals surface area contributed by atoms with Crippen LogP contribution in [0.15, 0.2) is 27.6 Å². The van der Waals surface area contributed by atoms with Gasteiger partial charge in [-0.3, -0.25) is 10.1 Å².